The number of aromatic nitrogens is 1. The van der Waals surface area contributed by atoms with Crippen molar-refractivity contribution in [3.63, 3.8) is 0 Å². The first-order valence-electron chi connectivity index (χ1n) is 11.2. The highest BCUT2D eigenvalue weighted by molar-refractivity contribution is 6.30. The summed E-state index contributed by atoms with van der Waals surface area (Å²) in [5.41, 5.74) is 1.69. The molecule has 0 radical (unpaired) electrons. The molecule has 0 saturated carbocycles. The first kappa shape index (κ1) is 27.1. The van der Waals surface area contributed by atoms with Crippen molar-refractivity contribution >= 4 is 23.5 Å². The Morgan fingerprint density at radius 1 is 1.16 bits per heavy atom. The molecular formula is C25H21ClF4N4O4. The summed E-state index contributed by atoms with van der Waals surface area (Å²) >= 11 is 6.04. The molecule has 0 aliphatic carbocycles. The summed E-state index contributed by atoms with van der Waals surface area (Å²) in [6, 6.07) is 15.1. The van der Waals surface area contributed by atoms with Gasteiger partial charge in [0.25, 0.3) is 5.91 Å². The number of nitrogens with zero attached hydrogens (tertiary/aromatic N) is 1. The number of halogens is 5. The third kappa shape index (κ3) is 6.14. The molecule has 2 atom stereocenters. The smallest absolute Gasteiger partial charge is 0.428 e. The van der Waals surface area contributed by atoms with Gasteiger partial charge < -0.3 is 15.4 Å². The Morgan fingerprint density at radius 2 is 1.92 bits per heavy atom. The van der Waals surface area contributed by atoms with Crippen molar-refractivity contribution in [1.82, 2.24) is 21.1 Å². The Kier molecular flexibility index (Phi) is 8.02. The van der Waals surface area contributed by atoms with E-state index in [0.717, 1.165) is 12.1 Å². The Bertz CT molecular complexity index is 1280. The Labute approximate surface area is 219 Å². The number of carbonyl (C=O) groups excluding carboxylic acids is 2. The number of urea groups is 1. The Hall–Kier alpha value is -3.90. The molecule has 8 nitrogen and oxygen atoms in total. The van der Waals surface area contributed by atoms with E-state index in [4.69, 9.17) is 16.4 Å². The van der Waals surface area contributed by atoms with Gasteiger partial charge in [0.05, 0.1) is 10.7 Å². The van der Waals surface area contributed by atoms with E-state index in [1.807, 2.05) is 0 Å². The number of amides is 3. The zero-order chi connectivity index (χ0) is 27.3. The summed E-state index contributed by atoms with van der Waals surface area (Å²) in [6.07, 6.45) is -7.45. The third-order valence-corrected chi connectivity index (χ3v) is 5.91. The summed E-state index contributed by atoms with van der Waals surface area (Å²) in [5.74, 6) is -1.13. The van der Waals surface area contributed by atoms with Gasteiger partial charge in [0.15, 0.2) is 0 Å². The first-order chi connectivity index (χ1) is 18.1. The number of hydrogen-bond donors (Lipinski definition) is 3. The van der Waals surface area contributed by atoms with Crippen LogP contribution in [0.25, 0.3) is 0 Å². The Balaban J connectivity index is 1.82. The van der Waals surface area contributed by atoms with Crippen molar-refractivity contribution in [1.29, 1.82) is 0 Å². The van der Waals surface area contributed by atoms with Crippen molar-refractivity contribution in [2.75, 3.05) is 6.61 Å². The van der Waals surface area contributed by atoms with Crippen LogP contribution in [-0.2, 0) is 21.6 Å². The molecule has 38 heavy (non-hydrogen) atoms. The first-order valence-corrected chi connectivity index (χ1v) is 11.6. The molecule has 0 bridgehead atoms. The second-order valence-corrected chi connectivity index (χ2v) is 8.79. The molecule has 4 rings (SSSR count). The van der Waals surface area contributed by atoms with Gasteiger partial charge in [-0.3, -0.25) is 14.6 Å². The van der Waals surface area contributed by atoms with Crippen LogP contribution < -0.4 is 20.9 Å². The zero-order valence-corrected chi connectivity index (χ0v) is 20.2. The molecule has 1 aliphatic rings. The fourth-order valence-electron chi connectivity index (χ4n) is 3.92. The van der Waals surface area contributed by atoms with Crippen LogP contribution in [0.1, 0.15) is 16.8 Å². The van der Waals surface area contributed by atoms with Crippen LogP contribution in [0.3, 0.4) is 0 Å². The second kappa shape index (κ2) is 11.2. The molecule has 3 N–H and O–H groups in total. The van der Waals surface area contributed by atoms with Crippen LogP contribution in [0.2, 0.25) is 5.02 Å². The number of benzene rings is 2. The number of nitrogens with one attached hydrogen (secondary N) is 3. The van der Waals surface area contributed by atoms with E-state index in [-0.39, 0.29) is 24.3 Å². The maximum atomic E-state index is 13.7. The lowest BCUT2D eigenvalue weighted by Crippen LogP contribution is -2.55. The van der Waals surface area contributed by atoms with Crippen molar-refractivity contribution in [3.05, 3.63) is 94.8 Å². The number of rotatable bonds is 9. The molecular weight excluding hydrogens is 532 g/mol. The third-order valence-electron chi connectivity index (χ3n) is 5.68. The molecule has 3 amide bonds. The van der Waals surface area contributed by atoms with E-state index < -0.39 is 41.8 Å². The molecule has 3 aromatic rings. The van der Waals surface area contributed by atoms with Gasteiger partial charge in [-0.15, -0.1) is 0 Å². The van der Waals surface area contributed by atoms with E-state index in [0.29, 0.717) is 10.6 Å². The van der Waals surface area contributed by atoms with Gasteiger partial charge in [-0.05, 0) is 35.4 Å². The number of alkyl halides is 4. The minimum Gasteiger partial charge on any atom is -0.428 e. The molecule has 1 fully saturated rings. The molecule has 2 aromatic carbocycles. The van der Waals surface area contributed by atoms with Crippen molar-refractivity contribution in [2.24, 2.45) is 0 Å². The lowest BCUT2D eigenvalue weighted by Gasteiger charge is -2.36. The van der Waals surface area contributed by atoms with Gasteiger partial charge in [0.1, 0.15) is 23.9 Å². The fraction of sp³-hybridized carbons (Fsp3) is 0.240. The molecule has 1 unspecified atom stereocenters. The van der Waals surface area contributed by atoms with Gasteiger partial charge in [0.2, 0.25) is 0 Å². The van der Waals surface area contributed by atoms with E-state index in [1.165, 1.54) is 30.5 Å². The number of hydroxylamine groups is 1. The number of pyridine rings is 1. The minimum atomic E-state index is -4.75. The largest absolute Gasteiger partial charge is 0.461 e. The molecule has 2 heterocycles. The highest BCUT2D eigenvalue weighted by Crippen LogP contribution is 2.36. The van der Waals surface area contributed by atoms with Crippen LogP contribution in [0.15, 0.2) is 72.9 Å². The van der Waals surface area contributed by atoms with Gasteiger partial charge in [-0.25, -0.2) is 10.3 Å². The number of carbonyl (C=O) groups is 2. The number of hydrogen-bond acceptors (Lipinski definition) is 5. The normalized spacial score (nSPS) is 17.0. The summed E-state index contributed by atoms with van der Waals surface area (Å²) in [5, 5.41) is 5.60. The highest BCUT2D eigenvalue weighted by Gasteiger charge is 2.45. The predicted molar refractivity (Wildman–Crippen MR) is 128 cm³/mol. The standard InChI is InChI=1S/C25H21ClF4N4O4/c26-17-9-10-20(31-13-17)24(12-15-5-2-1-3-6-15,33-23(36)32-19-14-37-34-21(19)35)16-7-4-8-18(11-16)38-25(29,30)22(27)28/h1-11,13,19,22H,12,14H2,(H,34,35)(H2,32,33,36)/t19?,24-/m0/s1. The topological polar surface area (TPSA) is 102 Å². The summed E-state index contributed by atoms with van der Waals surface area (Å²) in [7, 11) is 0. The van der Waals surface area contributed by atoms with E-state index in [1.54, 1.807) is 30.3 Å². The quantitative estimate of drug-likeness (QED) is 0.346. The Morgan fingerprint density at radius 3 is 2.55 bits per heavy atom. The van der Waals surface area contributed by atoms with Crippen LogP contribution in [0.4, 0.5) is 22.4 Å². The molecule has 1 saturated heterocycles. The summed E-state index contributed by atoms with van der Waals surface area (Å²) < 4.78 is 57.4. The van der Waals surface area contributed by atoms with Gasteiger partial charge >= 0.3 is 18.6 Å². The molecule has 1 aliphatic heterocycles. The van der Waals surface area contributed by atoms with Gasteiger partial charge in [0, 0.05) is 12.6 Å². The van der Waals surface area contributed by atoms with Crippen molar-refractivity contribution in [3.8, 4) is 5.75 Å². The predicted octanol–water partition coefficient (Wildman–Crippen LogP) is 4.19. The minimum absolute atomic E-state index is 0.0396. The molecule has 1 aromatic heterocycles. The molecule has 0 spiro atoms. The lowest BCUT2D eigenvalue weighted by atomic mass is 9.80. The maximum Gasteiger partial charge on any atom is 0.461 e. The van der Waals surface area contributed by atoms with Crippen LogP contribution in [0, 0.1) is 0 Å². The van der Waals surface area contributed by atoms with E-state index in [2.05, 4.69) is 25.8 Å². The summed E-state index contributed by atoms with van der Waals surface area (Å²) in [6.45, 7) is -0.122. The van der Waals surface area contributed by atoms with Crippen molar-refractivity contribution in [2.45, 2.75) is 30.5 Å². The van der Waals surface area contributed by atoms with E-state index >= 15 is 0 Å². The average molecular weight is 553 g/mol. The SMILES string of the molecule is O=C(NC1CONC1=O)N[C@@](Cc1ccccc1)(c1cccc(OC(F)(F)C(F)F)c1)c1ccc(Cl)cn1. The fourth-order valence-corrected chi connectivity index (χ4v) is 4.03. The number of ether oxygens (including phenoxy) is 1. The highest BCUT2D eigenvalue weighted by atomic mass is 35.5. The van der Waals surface area contributed by atoms with Crippen LogP contribution >= 0.6 is 11.6 Å². The second-order valence-electron chi connectivity index (χ2n) is 8.35. The van der Waals surface area contributed by atoms with Gasteiger partial charge in [-0.1, -0.05) is 54.1 Å². The van der Waals surface area contributed by atoms with Crippen molar-refractivity contribution < 1.29 is 36.7 Å². The van der Waals surface area contributed by atoms with Crippen LogP contribution in [0.5, 0.6) is 5.75 Å². The van der Waals surface area contributed by atoms with Crippen LogP contribution in [-0.4, -0.2) is 42.1 Å². The van der Waals surface area contributed by atoms with Gasteiger partial charge in [-0.2, -0.15) is 17.6 Å². The zero-order valence-electron chi connectivity index (χ0n) is 19.5. The maximum absolute atomic E-state index is 13.7. The summed E-state index contributed by atoms with van der Waals surface area (Å²) in [4.78, 5) is 34.3. The molecule has 13 heteroatoms. The lowest BCUT2D eigenvalue weighted by molar-refractivity contribution is -0.253. The molecule has 200 valence electrons. The van der Waals surface area contributed by atoms with E-state index in [9.17, 15) is 27.2 Å². The monoisotopic (exact) mass is 552 g/mol. The average Bonchev–Trinajstić information content (AvgIpc) is 3.28.